The Morgan fingerprint density at radius 3 is 1.90 bits per heavy atom. The van der Waals surface area contributed by atoms with E-state index in [-0.39, 0.29) is 16.6 Å². The van der Waals surface area contributed by atoms with Crippen LogP contribution >= 0.6 is 0 Å². The number of hydrogen-bond donors (Lipinski definition) is 0. The molecule has 0 aliphatic rings. The molecule has 0 radical (unpaired) electrons. The van der Waals surface area contributed by atoms with Crippen LogP contribution < -0.4 is 4.18 Å². The van der Waals surface area contributed by atoms with Crippen LogP contribution in [0.25, 0.3) is 21.9 Å². The van der Waals surface area contributed by atoms with Gasteiger partial charge in [-0.25, -0.2) is 0 Å². The molecule has 1 aromatic heterocycles. The first-order chi connectivity index (χ1) is 13.5. The van der Waals surface area contributed by atoms with Crippen molar-refractivity contribution in [2.45, 2.75) is 23.3 Å². The van der Waals surface area contributed by atoms with Crippen molar-refractivity contribution < 1.29 is 56.5 Å². The van der Waals surface area contributed by atoms with Crippen LogP contribution in [0.1, 0.15) is 0 Å². The minimum atomic E-state index is -7.37. The Bertz CT molecular complexity index is 1210. The highest BCUT2D eigenvalue weighted by molar-refractivity contribution is 7.88. The molecule has 1 heterocycles. The van der Waals surface area contributed by atoms with E-state index in [1.807, 2.05) is 0 Å². The van der Waals surface area contributed by atoms with Crippen molar-refractivity contribution in [2.24, 2.45) is 0 Å². The van der Waals surface area contributed by atoms with E-state index >= 15 is 0 Å². The second-order valence-corrected chi connectivity index (χ2v) is 7.54. The lowest BCUT2D eigenvalue weighted by molar-refractivity contribution is -0.382. The summed E-state index contributed by atoms with van der Waals surface area (Å²) in [4.78, 5) is 0. The normalized spacial score (nSPS) is 14.4. The number of hydrogen-bond acceptors (Lipinski definition) is 4. The maximum Gasteiger partial charge on any atom is 0.460 e. The zero-order valence-electron chi connectivity index (χ0n) is 14.0. The van der Waals surface area contributed by atoms with Gasteiger partial charge in [-0.1, -0.05) is 18.2 Å². The predicted molar refractivity (Wildman–Crippen MR) is 84.2 cm³/mol. The van der Waals surface area contributed by atoms with E-state index in [0.29, 0.717) is 11.5 Å². The van der Waals surface area contributed by atoms with E-state index in [1.54, 1.807) is 6.07 Å². The fourth-order valence-electron chi connectivity index (χ4n) is 2.45. The van der Waals surface area contributed by atoms with Gasteiger partial charge in [-0.3, -0.25) is 0 Å². The summed E-state index contributed by atoms with van der Waals surface area (Å²) in [6.07, 6.45) is -7.16. The van der Waals surface area contributed by atoms with Crippen LogP contribution in [0.4, 0.5) is 39.5 Å². The molecule has 0 fully saturated rings. The molecule has 0 aliphatic carbocycles. The van der Waals surface area contributed by atoms with E-state index < -0.39 is 39.1 Å². The summed E-state index contributed by atoms with van der Waals surface area (Å²) < 4.78 is 149. The molecule has 164 valence electrons. The summed E-state index contributed by atoms with van der Waals surface area (Å²) in [6, 6.07) is 8.46. The maximum atomic E-state index is 13.7. The molecule has 3 rings (SSSR count). The highest BCUT2D eigenvalue weighted by Crippen LogP contribution is 2.55. The molecular weight excluding hydrogens is 459 g/mol. The maximum absolute atomic E-state index is 13.7. The number of alkyl halides is 9. The summed E-state index contributed by atoms with van der Waals surface area (Å²) >= 11 is 0. The second-order valence-electron chi connectivity index (χ2n) is 5.96. The fraction of sp³-hybridized carbons (Fsp3) is 0.250. The largest absolute Gasteiger partial charge is 0.460 e. The molecule has 0 saturated carbocycles. The Morgan fingerprint density at radius 1 is 0.733 bits per heavy atom. The number of fused-ring (bicyclic) bond motifs is 3. The van der Waals surface area contributed by atoms with Crippen molar-refractivity contribution in [1.82, 2.24) is 0 Å². The lowest BCUT2D eigenvalue weighted by atomic mass is 10.1. The summed E-state index contributed by atoms with van der Waals surface area (Å²) in [6.45, 7) is 0. The van der Waals surface area contributed by atoms with Crippen LogP contribution in [0.15, 0.2) is 46.9 Å². The first kappa shape index (κ1) is 22.1. The summed E-state index contributed by atoms with van der Waals surface area (Å²) in [5.74, 6) is -15.8. The van der Waals surface area contributed by atoms with Crippen molar-refractivity contribution in [1.29, 1.82) is 0 Å². The fourth-order valence-corrected chi connectivity index (χ4v) is 3.36. The molecule has 0 unspecified atom stereocenters. The topological polar surface area (TPSA) is 56.5 Å². The average Bonchev–Trinajstić information content (AvgIpc) is 2.98. The van der Waals surface area contributed by atoms with E-state index in [2.05, 4.69) is 4.18 Å². The molecule has 14 heteroatoms. The van der Waals surface area contributed by atoms with Crippen LogP contribution in [0, 0.1) is 0 Å². The van der Waals surface area contributed by atoms with Gasteiger partial charge in [0.25, 0.3) is 0 Å². The number of para-hydroxylation sites is 1. The zero-order chi connectivity index (χ0) is 22.8. The molecule has 0 amide bonds. The smallest absolute Gasteiger partial charge is 0.456 e. The SMILES string of the molecule is O=S(=O)(Oc1ccc2oc3ccccc3c2c1)C(F)(F)C(F)(F)C(F)(F)C(F)(F)F. The molecule has 30 heavy (non-hydrogen) atoms. The molecular formula is C16H7F9O4S. The summed E-state index contributed by atoms with van der Waals surface area (Å²) in [5, 5.41) is -6.53. The van der Waals surface area contributed by atoms with Crippen LogP contribution in [0.3, 0.4) is 0 Å². The van der Waals surface area contributed by atoms with Gasteiger partial charge >= 0.3 is 33.4 Å². The van der Waals surface area contributed by atoms with Crippen molar-refractivity contribution >= 4 is 32.1 Å². The molecule has 3 aromatic rings. The quantitative estimate of drug-likeness (QED) is 0.357. The van der Waals surface area contributed by atoms with Gasteiger partial charge < -0.3 is 8.60 Å². The molecule has 0 N–H and O–H groups in total. The Kier molecular flexibility index (Phi) is 4.72. The summed E-state index contributed by atoms with van der Waals surface area (Å²) in [7, 11) is -7.01. The van der Waals surface area contributed by atoms with Crippen molar-refractivity contribution in [2.75, 3.05) is 0 Å². The molecule has 0 bridgehead atoms. The Labute approximate surface area is 160 Å². The zero-order valence-corrected chi connectivity index (χ0v) is 14.8. The van der Waals surface area contributed by atoms with Gasteiger partial charge in [0.2, 0.25) is 0 Å². The highest BCUT2D eigenvalue weighted by atomic mass is 32.2. The first-order valence-corrected chi connectivity index (χ1v) is 8.99. The molecule has 0 saturated heterocycles. The predicted octanol–water partition coefficient (Wildman–Crippen LogP) is 5.72. The molecule has 2 aromatic carbocycles. The summed E-state index contributed by atoms with van der Waals surface area (Å²) in [5.41, 5.74) is 0.371. The van der Waals surface area contributed by atoms with Gasteiger partial charge in [0, 0.05) is 10.8 Å². The van der Waals surface area contributed by atoms with Crippen molar-refractivity contribution in [3.8, 4) is 5.75 Å². The minimum absolute atomic E-state index is 0.0778. The van der Waals surface area contributed by atoms with E-state index in [4.69, 9.17) is 4.42 Å². The van der Waals surface area contributed by atoms with Crippen LogP contribution in [0.5, 0.6) is 5.75 Å². The third-order valence-corrected chi connectivity index (χ3v) is 5.28. The van der Waals surface area contributed by atoms with Crippen LogP contribution in [-0.2, 0) is 10.1 Å². The standard InChI is InChI=1S/C16H7F9O4S/c17-13(18,15(21,22)23)14(19,20)16(24,25)30(26,27)29-8-5-6-12-10(7-8)9-3-1-2-4-11(9)28-12/h1-7H. The number of furan rings is 1. The van der Waals surface area contributed by atoms with Gasteiger partial charge in [0.15, 0.2) is 0 Å². The second kappa shape index (κ2) is 6.43. The lowest BCUT2D eigenvalue weighted by Gasteiger charge is -2.32. The number of halogens is 9. The van der Waals surface area contributed by atoms with E-state index in [1.165, 1.54) is 18.2 Å². The van der Waals surface area contributed by atoms with Crippen LogP contribution in [0.2, 0.25) is 0 Å². The van der Waals surface area contributed by atoms with E-state index in [0.717, 1.165) is 12.1 Å². The van der Waals surface area contributed by atoms with Gasteiger partial charge in [-0.05, 0) is 24.3 Å². The van der Waals surface area contributed by atoms with Crippen molar-refractivity contribution in [3.05, 3.63) is 42.5 Å². The third kappa shape index (κ3) is 3.04. The number of benzene rings is 2. The Morgan fingerprint density at radius 2 is 1.30 bits per heavy atom. The van der Waals surface area contributed by atoms with Gasteiger partial charge in [-0.2, -0.15) is 47.9 Å². The minimum Gasteiger partial charge on any atom is -0.456 e. The molecule has 4 nitrogen and oxygen atoms in total. The average molecular weight is 466 g/mol. The molecule has 0 atom stereocenters. The van der Waals surface area contributed by atoms with Gasteiger partial charge in [-0.15, -0.1) is 0 Å². The first-order valence-electron chi connectivity index (χ1n) is 7.58. The monoisotopic (exact) mass is 466 g/mol. The Balaban J connectivity index is 2.04. The van der Waals surface area contributed by atoms with Crippen molar-refractivity contribution in [3.63, 3.8) is 0 Å². The number of rotatable bonds is 5. The van der Waals surface area contributed by atoms with Gasteiger partial charge in [0.1, 0.15) is 16.9 Å². The third-order valence-electron chi connectivity index (χ3n) is 3.98. The lowest BCUT2D eigenvalue weighted by Crippen LogP contribution is -2.63. The van der Waals surface area contributed by atoms with E-state index in [9.17, 15) is 47.9 Å². The van der Waals surface area contributed by atoms with Crippen LogP contribution in [-0.4, -0.2) is 31.7 Å². The molecule has 0 aliphatic heterocycles. The van der Waals surface area contributed by atoms with Gasteiger partial charge in [0.05, 0.1) is 0 Å². The highest BCUT2D eigenvalue weighted by Gasteiger charge is 2.86. The Hall–Kier alpha value is -2.64. The molecule has 0 spiro atoms.